The number of rotatable bonds is 5. The van der Waals surface area contributed by atoms with Gasteiger partial charge in [0.25, 0.3) is 0 Å². The van der Waals surface area contributed by atoms with Crippen LogP contribution in [-0.4, -0.2) is 43.2 Å². The highest BCUT2D eigenvalue weighted by atomic mass is 16.3. The average Bonchev–Trinajstić information content (AvgIpc) is 3.07. The first-order chi connectivity index (χ1) is 11.6. The van der Waals surface area contributed by atoms with E-state index in [2.05, 4.69) is 32.1 Å². The summed E-state index contributed by atoms with van der Waals surface area (Å²) in [5.41, 5.74) is 1.87. The molecule has 1 atom stereocenters. The summed E-state index contributed by atoms with van der Waals surface area (Å²) in [5.74, 6) is 1.91. The molecule has 7 nitrogen and oxygen atoms in total. The average molecular weight is 330 g/mol. The second-order valence-corrected chi connectivity index (χ2v) is 6.53. The van der Waals surface area contributed by atoms with Crippen LogP contribution in [0.4, 0.5) is 5.82 Å². The normalized spacial score (nSPS) is 17.2. The van der Waals surface area contributed by atoms with Gasteiger partial charge in [0.1, 0.15) is 17.3 Å². The van der Waals surface area contributed by atoms with Crippen LogP contribution in [0.25, 0.3) is 0 Å². The maximum atomic E-state index is 9.59. The van der Waals surface area contributed by atoms with E-state index in [-0.39, 0.29) is 0 Å². The first-order valence-electron chi connectivity index (χ1n) is 8.75. The van der Waals surface area contributed by atoms with Gasteiger partial charge < -0.3 is 10.0 Å². The van der Waals surface area contributed by atoms with Gasteiger partial charge in [-0.1, -0.05) is 18.6 Å². The molecule has 3 rings (SSSR count). The molecule has 1 fully saturated rings. The molecular weight excluding hydrogens is 304 g/mol. The Kier molecular flexibility index (Phi) is 5.08. The zero-order valence-corrected chi connectivity index (χ0v) is 14.7. The predicted molar refractivity (Wildman–Crippen MR) is 91.9 cm³/mol. The fourth-order valence-electron chi connectivity index (χ4n) is 3.21. The lowest BCUT2D eigenvalue weighted by atomic mass is 10.0. The van der Waals surface area contributed by atoms with Gasteiger partial charge in [0.05, 0.1) is 18.3 Å². The number of aryl methyl sites for hydroxylation is 2. The molecule has 0 radical (unpaired) electrons. The van der Waals surface area contributed by atoms with Crippen molar-refractivity contribution in [3.63, 3.8) is 0 Å². The lowest BCUT2D eigenvalue weighted by Crippen LogP contribution is -2.36. The minimum atomic E-state index is -0.570. The zero-order valence-electron chi connectivity index (χ0n) is 14.7. The summed E-state index contributed by atoms with van der Waals surface area (Å²) in [4.78, 5) is 11.4. The van der Waals surface area contributed by atoms with Crippen LogP contribution in [0.1, 0.15) is 62.3 Å². The van der Waals surface area contributed by atoms with Crippen molar-refractivity contribution in [1.82, 2.24) is 25.0 Å². The molecule has 0 aromatic carbocycles. The van der Waals surface area contributed by atoms with Crippen LogP contribution in [0.15, 0.2) is 12.4 Å². The monoisotopic (exact) mass is 330 g/mol. The molecule has 1 aliphatic heterocycles. The molecule has 3 heterocycles. The van der Waals surface area contributed by atoms with Gasteiger partial charge in [-0.25, -0.2) is 14.6 Å². The third kappa shape index (κ3) is 3.56. The molecule has 24 heavy (non-hydrogen) atoms. The standard InChI is InChI=1S/C17H26N6O/c1-4-5-14-10-18-13(3)19-17(14)22-8-6-15(7-9-22)23-11-16(12(2)24)20-21-23/h10-12,15,24H,4-9H2,1-3H3. The first kappa shape index (κ1) is 16.8. The van der Waals surface area contributed by atoms with Gasteiger partial charge in [-0.2, -0.15) is 0 Å². The summed E-state index contributed by atoms with van der Waals surface area (Å²) < 4.78 is 1.90. The summed E-state index contributed by atoms with van der Waals surface area (Å²) in [6.07, 6.45) is 7.36. The van der Waals surface area contributed by atoms with E-state index in [1.165, 1.54) is 5.56 Å². The van der Waals surface area contributed by atoms with Crippen LogP contribution in [0.5, 0.6) is 0 Å². The number of hydrogen-bond donors (Lipinski definition) is 1. The highest BCUT2D eigenvalue weighted by Gasteiger charge is 2.24. The fourth-order valence-corrected chi connectivity index (χ4v) is 3.21. The van der Waals surface area contributed by atoms with Crippen molar-refractivity contribution in [2.24, 2.45) is 0 Å². The Balaban J connectivity index is 1.69. The van der Waals surface area contributed by atoms with E-state index < -0.39 is 6.10 Å². The third-order valence-electron chi connectivity index (χ3n) is 4.58. The second kappa shape index (κ2) is 7.25. The topological polar surface area (TPSA) is 80.0 Å². The summed E-state index contributed by atoms with van der Waals surface area (Å²) in [7, 11) is 0. The van der Waals surface area contributed by atoms with Gasteiger partial charge in [0.2, 0.25) is 0 Å². The van der Waals surface area contributed by atoms with Gasteiger partial charge in [-0.15, -0.1) is 5.10 Å². The lowest BCUT2D eigenvalue weighted by molar-refractivity contribution is 0.194. The Labute approximate surface area is 142 Å². The van der Waals surface area contributed by atoms with Crippen LogP contribution in [-0.2, 0) is 6.42 Å². The van der Waals surface area contributed by atoms with E-state index in [0.29, 0.717) is 11.7 Å². The van der Waals surface area contributed by atoms with Crippen LogP contribution in [0, 0.1) is 6.92 Å². The van der Waals surface area contributed by atoms with E-state index in [9.17, 15) is 5.11 Å². The molecule has 1 saturated heterocycles. The molecule has 7 heteroatoms. The fraction of sp³-hybridized carbons (Fsp3) is 0.647. The third-order valence-corrected chi connectivity index (χ3v) is 4.58. The van der Waals surface area contributed by atoms with Crippen molar-refractivity contribution in [3.8, 4) is 0 Å². The van der Waals surface area contributed by atoms with E-state index in [4.69, 9.17) is 0 Å². The van der Waals surface area contributed by atoms with Gasteiger partial charge in [0, 0.05) is 24.8 Å². The highest BCUT2D eigenvalue weighted by Crippen LogP contribution is 2.28. The Bertz CT molecular complexity index is 675. The first-order valence-corrected chi connectivity index (χ1v) is 8.75. The molecule has 0 saturated carbocycles. The van der Waals surface area contributed by atoms with Gasteiger partial charge in [0.15, 0.2) is 0 Å². The Morgan fingerprint density at radius 3 is 2.71 bits per heavy atom. The lowest BCUT2D eigenvalue weighted by Gasteiger charge is -2.33. The number of aliphatic hydroxyl groups excluding tert-OH is 1. The van der Waals surface area contributed by atoms with Crippen LogP contribution in [0.2, 0.25) is 0 Å². The Morgan fingerprint density at radius 2 is 2.08 bits per heavy atom. The van der Waals surface area contributed by atoms with Crippen molar-refractivity contribution in [2.45, 2.75) is 58.6 Å². The van der Waals surface area contributed by atoms with E-state index in [1.807, 2.05) is 24.0 Å². The number of aliphatic hydroxyl groups is 1. The highest BCUT2D eigenvalue weighted by molar-refractivity contribution is 5.46. The van der Waals surface area contributed by atoms with Crippen molar-refractivity contribution < 1.29 is 5.11 Å². The molecular formula is C17H26N6O. The minimum absolute atomic E-state index is 0.332. The number of anilines is 1. The quantitative estimate of drug-likeness (QED) is 0.905. The summed E-state index contributed by atoms with van der Waals surface area (Å²) in [5, 5.41) is 17.8. The van der Waals surface area contributed by atoms with Crippen LogP contribution in [0.3, 0.4) is 0 Å². The molecule has 2 aromatic heterocycles. The van der Waals surface area contributed by atoms with Crippen molar-refractivity contribution in [2.75, 3.05) is 18.0 Å². The Morgan fingerprint density at radius 1 is 1.33 bits per heavy atom. The molecule has 2 aromatic rings. The zero-order chi connectivity index (χ0) is 17.1. The van der Waals surface area contributed by atoms with E-state index in [1.54, 1.807) is 6.92 Å². The van der Waals surface area contributed by atoms with Gasteiger partial charge in [-0.05, 0) is 33.1 Å². The number of aromatic nitrogens is 5. The predicted octanol–water partition coefficient (Wildman–Crippen LogP) is 2.22. The van der Waals surface area contributed by atoms with Gasteiger partial charge in [-0.3, -0.25) is 0 Å². The SMILES string of the molecule is CCCc1cnc(C)nc1N1CCC(n2cc(C(C)O)nn2)CC1. The molecule has 0 aliphatic carbocycles. The van der Waals surface area contributed by atoms with E-state index in [0.717, 1.165) is 50.4 Å². The minimum Gasteiger partial charge on any atom is -0.387 e. The number of nitrogens with zero attached hydrogens (tertiary/aromatic N) is 6. The van der Waals surface area contributed by atoms with E-state index >= 15 is 0 Å². The molecule has 1 N–H and O–H groups in total. The molecule has 1 unspecified atom stereocenters. The molecule has 0 spiro atoms. The largest absolute Gasteiger partial charge is 0.387 e. The summed E-state index contributed by atoms with van der Waals surface area (Å²) in [6, 6.07) is 0.332. The molecule has 1 aliphatic rings. The van der Waals surface area contributed by atoms with Gasteiger partial charge >= 0.3 is 0 Å². The maximum Gasteiger partial charge on any atom is 0.135 e. The number of piperidine rings is 1. The number of hydrogen-bond acceptors (Lipinski definition) is 6. The summed E-state index contributed by atoms with van der Waals surface area (Å²) in [6.45, 7) is 7.73. The van der Waals surface area contributed by atoms with Crippen molar-refractivity contribution in [3.05, 3.63) is 29.5 Å². The smallest absolute Gasteiger partial charge is 0.135 e. The molecule has 0 bridgehead atoms. The van der Waals surface area contributed by atoms with Crippen molar-refractivity contribution in [1.29, 1.82) is 0 Å². The Hall–Kier alpha value is -2.02. The van der Waals surface area contributed by atoms with Crippen LogP contribution >= 0.6 is 0 Å². The molecule has 130 valence electrons. The summed E-state index contributed by atoms with van der Waals surface area (Å²) >= 11 is 0. The van der Waals surface area contributed by atoms with Crippen LogP contribution < -0.4 is 4.90 Å². The van der Waals surface area contributed by atoms with Crippen molar-refractivity contribution >= 4 is 5.82 Å². The maximum absolute atomic E-state index is 9.59. The molecule has 0 amide bonds. The second-order valence-electron chi connectivity index (χ2n) is 6.53.